The van der Waals surface area contributed by atoms with Gasteiger partial charge in [-0.2, -0.15) is 0 Å². The molecule has 0 unspecified atom stereocenters. The minimum atomic E-state index is -0.860. The third-order valence-electron chi connectivity index (χ3n) is 5.19. The maximum atomic E-state index is 12.8. The molecule has 0 aliphatic carbocycles. The molecule has 0 atom stereocenters. The van der Waals surface area contributed by atoms with Crippen molar-refractivity contribution in [1.29, 1.82) is 0 Å². The maximum Gasteiger partial charge on any atom is 0.338 e. The molecule has 2 amide bonds. The van der Waals surface area contributed by atoms with Gasteiger partial charge in [0.2, 0.25) is 0 Å². The topological polar surface area (TPSA) is 167 Å². The number of ether oxygens (including phenoxy) is 1. The van der Waals surface area contributed by atoms with Crippen LogP contribution in [0.5, 0.6) is 0 Å². The Morgan fingerprint density at radius 2 is 1.43 bits per heavy atom. The van der Waals surface area contributed by atoms with Gasteiger partial charge in [-0.25, -0.2) is 9.69 Å². The zero-order valence-corrected chi connectivity index (χ0v) is 17.6. The molecule has 12 nitrogen and oxygen atoms in total. The Bertz CT molecular complexity index is 1410. The molecular formula is C23H13N3O9. The van der Waals surface area contributed by atoms with E-state index in [1.807, 2.05) is 0 Å². The summed E-state index contributed by atoms with van der Waals surface area (Å²) in [4.78, 5) is 71.2. The highest BCUT2D eigenvalue weighted by molar-refractivity contribution is 6.35. The SMILES string of the molecule is O=C(COC(=O)c1ccc(N2C(=O)c3cccc([N+](=O)[O-])c3C2=O)cc1)c1ccc([N+](=O)[O-])cc1. The Morgan fingerprint density at radius 3 is 2.03 bits per heavy atom. The largest absolute Gasteiger partial charge is 0.454 e. The number of fused-ring (bicyclic) bond motifs is 1. The lowest BCUT2D eigenvalue weighted by atomic mass is 10.1. The van der Waals surface area contributed by atoms with E-state index in [9.17, 15) is 39.4 Å². The first kappa shape index (κ1) is 22.9. The quantitative estimate of drug-likeness (QED) is 0.164. The number of anilines is 1. The Morgan fingerprint density at radius 1 is 0.800 bits per heavy atom. The lowest BCUT2D eigenvalue weighted by molar-refractivity contribution is -0.385. The number of esters is 1. The first-order valence-corrected chi connectivity index (χ1v) is 9.90. The van der Waals surface area contributed by atoms with Crippen LogP contribution in [0.2, 0.25) is 0 Å². The van der Waals surface area contributed by atoms with Crippen LogP contribution in [0.4, 0.5) is 17.1 Å². The number of hydrogen-bond donors (Lipinski definition) is 0. The molecule has 4 rings (SSSR count). The number of hydrogen-bond acceptors (Lipinski definition) is 9. The van der Waals surface area contributed by atoms with Crippen LogP contribution < -0.4 is 4.90 Å². The van der Waals surface area contributed by atoms with E-state index < -0.39 is 45.7 Å². The van der Waals surface area contributed by atoms with Gasteiger partial charge in [0.15, 0.2) is 12.4 Å². The smallest absolute Gasteiger partial charge is 0.338 e. The van der Waals surface area contributed by atoms with Crippen molar-refractivity contribution < 1.29 is 33.8 Å². The van der Waals surface area contributed by atoms with E-state index in [2.05, 4.69) is 0 Å². The second-order valence-electron chi connectivity index (χ2n) is 7.25. The average Bonchev–Trinajstić information content (AvgIpc) is 3.12. The summed E-state index contributed by atoms with van der Waals surface area (Å²) < 4.78 is 4.98. The summed E-state index contributed by atoms with van der Waals surface area (Å²) in [6, 6.07) is 13.7. The van der Waals surface area contributed by atoms with Crippen LogP contribution >= 0.6 is 0 Å². The molecule has 1 heterocycles. The highest BCUT2D eigenvalue weighted by atomic mass is 16.6. The van der Waals surface area contributed by atoms with Crippen molar-refractivity contribution in [2.45, 2.75) is 0 Å². The number of rotatable bonds is 7. The number of carbonyl (C=O) groups excluding carboxylic acids is 4. The van der Waals surface area contributed by atoms with Gasteiger partial charge >= 0.3 is 5.97 Å². The molecule has 1 aliphatic heterocycles. The molecular weight excluding hydrogens is 462 g/mol. The van der Waals surface area contributed by atoms with Gasteiger partial charge < -0.3 is 4.74 Å². The second-order valence-corrected chi connectivity index (χ2v) is 7.25. The van der Waals surface area contributed by atoms with Crippen molar-refractivity contribution in [1.82, 2.24) is 0 Å². The molecule has 174 valence electrons. The van der Waals surface area contributed by atoms with Crippen LogP contribution in [0.15, 0.2) is 66.7 Å². The number of ketones is 1. The predicted octanol–water partition coefficient (Wildman–Crippen LogP) is 3.34. The minimum absolute atomic E-state index is 0.0211. The van der Waals surface area contributed by atoms with Crippen LogP contribution in [-0.2, 0) is 4.74 Å². The number of nitro benzene ring substituents is 2. The fraction of sp³-hybridized carbons (Fsp3) is 0.0435. The van der Waals surface area contributed by atoms with Crippen molar-refractivity contribution >= 4 is 40.6 Å². The summed E-state index contributed by atoms with van der Waals surface area (Å²) in [7, 11) is 0. The van der Waals surface area contributed by atoms with Crippen molar-refractivity contribution in [3.05, 3.63) is 109 Å². The zero-order valence-electron chi connectivity index (χ0n) is 17.6. The van der Waals surface area contributed by atoms with Crippen molar-refractivity contribution in [2.24, 2.45) is 0 Å². The van der Waals surface area contributed by atoms with Gasteiger partial charge in [-0.3, -0.25) is 34.6 Å². The molecule has 0 saturated heterocycles. The van der Waals surface area contributed by atoms with Crippen LogP contribution in [0.1, 0.15) is 41.4 Å². The number of imide groups is 1. The van der Waals surface area contributed by atoms with Gasteiger partial charge in [-0.15, -0.1) is 0 Å². The molecule has 35 heavy (non-hydrogen) atoms. The number of nitrogens with zero attached hydrogens (tertiary/aromatic N) is 3. The molecule has 3 aromatic rings. The van der Waals surface area contributed by atoms with E-state index in [0.717, 1.165) is 23.1 Å². The normalized spacial score (nSPS) is 12.3. The molecule has 0 radical (unpaired) electrons. The first-order chi connectivity index (χ1) is 16.7. The molecule has 0 bridgehead atoms. The highest BCUT2D eigenvalue weighted by Crippen LogP contribution is 2.33. The second kappa shape index (κ2) is 8.94. The summed E-state index contributed by atoms with van der Waals surface area (Å²) in [6.45, 7) is -0.611. The van der Waals surface area contributed by atoms with Crippen LogP contribution in [0.3, 0.4) is 0 Å². The maximum absolute atomic E-state index is 12.8. The van der Waals surface area contributed by atoms with Gasteiger partial charge in [0.05, 0.1) is 26.7 Å². The lowest BCUT2D eigenvalue weighted by Crippen LogP contribution is -2.29. The van der Waals surface area contributed by atoms with Gasteiger partial charge in [0.25, 0.3) is 23.2 Å². The minimum Gasteiger partial charge on any atom is -0.454 e. The molecule has 0 spiro atoms. The summed E-state index contributed by atoms with van der Waals surface area (Å²) in [6.07, 6.45) is 0. The summed E-state index contributed by atoms with van der Waals surface area (Å²) in [5.41, 5.74) is -0.851. The molecule has 0 N–H and O–H groups in total. The highest BCUT2D eigenvalue weighted by Gasteiger charge is 2.41. The number of Topliss-reactive ketones (excluding diaryl/α,β-unsaturated/α-hetero) is 1. The van der Waals surface area contributed by atoms with E-state index in [-0.39, 0.29) is 33.6 Å². The zero-order chi connectivity index (χ0) is 25.3. The number of carbonyl (C=O) groups is 4. The summed E-state index contributed by atoms with van der Waals surface area (Å²) in [5.74, 6) is -3.03. The van der Waals surface area contributed by atoms with E-state index in [1.54, 1.807) is 0 Å². The predicted molar refractivity (Wildman–Crippen MR) is 118 cm³/mol. The Hall–Kier alpha value is -5.26. The van der Waals surface area contributed by atoms with Gasteiger partial charge in [0.1, 0.15) is 5.56 Å². The molecule has 1 aliphatic rings. The van der Waals surface area contributed by atoms with E-state index >= 15 is 0 Å². The Kier molecular flexibility index (Phi) is 5.85. The standard InChI is InChI=1S/C23H13N3O9/c27-19(13-4-10-16(11-5-13)25(31)32)12-35-23(30)14-6-8-15(9-7-14)24-21(28)17-2-1-3-18(26(33)34)20(17)22(24)29/h1-11H,12H2. The van der Waals surface area contributed by atoms with Crippen molar-refractivity contribution in [3.63, 3.8) is 0 Å². The third kappa shape index (κ3) is 4.23. The summed E-state index contributed by atoms with van der Waals surface area (Å²) >= 11 is 0. The van der Waals surface area contributed by atoms with Gasteiger partial charge in [-0.05, 0) is 42.5 Å². The Balaban J connectivity index is 1.45. The number of nitro groups is 2. The summed E-state index contributed by atoms with van der Waals surface area (Å²) in [5, 5.41) is 21.9. The van der Waals surface area contributed by atoms with Crippen molar-refractivity contribution in [2.75, 3.05) is 11.5 Å². The van der Waals surface area contributed by atoms with E-state index in [4.69, 9.17) is 4.74 Å². The lowest BCUT2D eigenvalue weighted by Gasteiger charge is -2.14. The monoisotopic (exact) mass is 475 g/mol. The number of benzene rings is 3. The Labute approximate surface area is 195 Å². The molecule has 0 fully saturated rings. The third-order valence-corrected chi connectivity index (χ3v) is 5.19. The number of amides is 2. The van der Waals surface area contributed by atoms with Gasteiger partial charge in [-0.1, -0.05) is 6.07 Å². The average molecular weight is 475 g/mol. The fourth-order valence-electron chi connectivity index (χ4n) is 3.47. The van der Waals surface area contributed by atoms with Crippen molar-refractivity contribution in [3.8, 4) is 0 Å². The van der Waals surface area contributed by atoms with E-state index in [1.165, 1.54) is 48.5 Å². The first-order valence-electron chi connectivity index (χ1n) is 9.90. The van der Waals surface area contributed by atoms with Crippen LogP contribution in [-0.4, -0.2) is 40.0 Å². The number of non-ortho nitro benzene ring substituents is 1. The van der Waals surface area contributed by atoms with E-state index in [0.29, 0.717) is 0 Å². The van der Waals surface area contributed by atoms with Crippen LogP contribution in [0, 0.1) is 20.2 Å². The van der Waals surface area contributed by atoms with Gasteiger partial charge in [0, 0.05) is 23.8 Å². The molecule has 12 heteroatoms. The van der Waals surface area contributed by atoms with Crippen LogP contribution in [0.25, 0.3) is 0 Å². The molecule has 0 aromatic heterocycles. The molecule has 3 aromatic carbocycles. The fourth-order valence-corrected chi connectivity index (χ4v) is 3.47. The molecule has 0 saturated carbocycles.